The van der Waals surface area contributed by atoms with Gasteiger partial charge in [-0.05, 0) is 50.6 Å². The molecule has 2 aromatic rings. The molecule has 2 aliphatic heterocycles. The second-order valence-corrected chi connectivity index (χ2v) is 7.77. The van der Waals surface area contributed by atoms with Gasteiger partial charge in [0.05, 0.1) is 23.3 Å². The molecule has 2 saturated heterocycles. The van der Waals surface area contributed by atoms with Gasteiger partial charge < -0.3 is 10.1 Å². The molecule has 2 atom stereocenters. The van der Waals surface area contributed by atoms with Gasteiger partial charge in [-0.1, -0.05) is 6.08 Å². The number of nitrogens with zero attached hydrogens (tertiary/aromatic N) is 3. The zero-order valence-electron chi connectivity index (χ0n) is 14.9. The number of ether oxygens (including phenoxy) is 1. The maximum atomic E-state index is 5.56. The summed E-state index contributed by atoms with van der Waals surface area (Å²) in [6, 6.07) is 0.574. The molecule has 132 valence electrons. The number of rotatable bonds is 2. The minimum absolute atomic E-state index is 0.559. The van der Waals surface area contributed by atoms with Crippen molar-refractivity contribution in [1.29, 1.82) is 0 Å². The van der Waals surface area contributed by atoms with Crippen LogP contribution in [0, 0.1) is 5.92 Å². The average Bonchev–Trinajstić information content (AvgIpc) is 3.26. The van der Waals surface area contributed by atoms with Crippen molar-refractivity contribution < 1.29 is 4.74 Å². The molecular formula is C20H26N4O. The summed E-state index contributed by atoms with van der Waals surface area (Å²) in [6.07, 6.45) is 12.2. The van der Waals surface area contributed by atoms with Crippen molar-refractivity contribution in [1.82, 2.24) is 19.7 Å². The Morgan fingerprint density at radius 2 is 2.08 bits per heavy atom. The number of fused-ring (bicyclic) bond motifs is 3. The minimum atomic E-state index is 0.559. The molecular weight excluding hydrogens is 312 g/mol. The second kappa shape index (κ2) is 6.22. The monoisotopic (exact) mass is 338 g/mol. The van der Waals surface area contributed by atoms with Crippen LogP contribution in [0.15, 0.2) is 18.5 Å². The van der Waals surface area contributed by atoms with E-state index < -0.39 is 0 Å². The lowest BCUT2D eigenvalue weighted by Crippen LogP contribution is -2.34. The zero-order valence-corrected chi connectivity index (χ0v) is 14.9. The minimum Gasteiger partial charge on any atom is -0.381 e. The van der Waals surface area contributed by atoms with E-state index in [1.165, 1.54) is 35.5 Å². The number of hydrogen-bond acceptors (Lipinski definition) is 4. The van der Waals surface area contributed by atoms with Gasteiger partial charge in [-0.3, -0.25) is 9.38 Å². The van der Waals surface area contributed by atoms with Crippen molar-refractivity contribution in [3.05, 3.63) is 35.6 Å². The van der Waals surface area contributed by atoms with E-state index in [0.29, 0.717) is 17.9 Å². The predicted octanol–water partition coefficient (Wildman–Crippen LogP) is 2.95. The third kappa shape index (κ3) is 2.70. The van der Waals surface area contributed by atoms with Gasteiger partial charge in [0.25, 0.3) is 0 Å². The summed E-state index contributed by atoms with van der Waals surface area (Å²) in [5.74, 6) is 1.16. The molecule has 4 heterocycles. The van der Waals surface area contributed by atoms with Gasteiger partial charge in [-0.2, -0.15) is 0 Å². The SMILES string of the molecule is CC1CC(c2cn3c4c(ncc3n2)CC=C4C2CCOCC2)CCN1. The van der Waals surface area contributed by atoms with Crippen molar-refractivity contribution in [2.75, 3.05) is 19.8 Å². The van der Waals surface area contributed by atoms with Crippen LogP contribution in [0.4, 0.5) is 0 Å². The summed E-state index contributed by atoms with van der Waals surface area (Å²) in [6.45, 7) is 5.11. The van der Waals surface area contributed by atoms with Crippen molar-refractivity contribution in [2.45, 2.75) is 51.0 Å². The zero-order chi connectivity index (χ0) is 16.8. The van der Waals surface area contributed by atoms with Crippen molar-refractivity contribution in [3.63, 3.8) is 0 Å². The quantitative estimate of drug-likeness (QED) is 0.915. The first-order valence-electron chi connectivity index (χ1n) is 9.68. The first kappa shape index (κ1) is 15.5. The summed E-state index contributed by atoms with van der Waals surface area (Å²) < 4.78 is 7.88. The van der Waals surface area contributed by atoms with Gasteiger partial charge >= 0.3 is 0 Å². The highest BCUT2D eigenvalue weighted by Crippen LogP contribution is 2.38. The Kier molecular flexibility index (Phi) is 3.86. The lowest BCUT2D eigenvalue weighted by atomic mass is 9.90. The highest BCUT2D eigenvalue weighted by atomic mass is 16.5. The van der Waals surface area contributed by atoms with E-state index in [1.54, 1.807) is 0 Å². The van der Waals surface area contributed by atoms with Gasteiger partial charge in [0.2, 0.25) is 0 Å². The summed E-state index contributed by atoms with van der Waals surface area (Å²) in [5.41, 5.74) is 6.22. The highest BCUT2D eigenvalue weighted by Gasteiger charge is 2.29. The average molecular weight is 338 g/mol. The fraction of sp³-hybridized carbons (Fsp3) is 0.600. The molecule has 0 amide bonds. The van der Waals surface area contributed by atoms with Crippen LogP contribution in [0.2, 0.25) is 0 Å². The van der Waals surface area contributed by atoms with Gasteiger partial charge in [0.15, 0.2) is 5.65 Å². The molecule has 0 spiro atoms. The Morgan fingerprint density at radius 3 is 2.92 bits per heavy atom. The molecule has 0 radical (unpaired) electrons. The summed E-state index contributed by atoms with van der Waals surface area (Å²) in [4.78, 5) is 9.68. The van der Waals surface area contributed by atoms with Crippen molar-refractivity contribution in [3.8, 4) is 0 Å². The van der Waals surface area contributed by atoms with E-state index in [4.69, 9.17) is 14.7 Å². The second-order valence-electron chi connectivity index (χ2n) is 7.77. The number of hydrogen-bond donors (Lipinski definition) is 1. The van der Waals surface area contributed by atoms with E-state index in [1.807, 2.05) is 6.20 Å². The number of piperidine rings is 1. The molecule has 2 aromatic heterocycles. The van der Waals surface area contributed by atoms with E-state index >= 15 is 0 Å². The van der Waals surface area contributed by atoms with E-state index in [2.05, 4.69) is 28.9 Å². The van der Waals surface area contributed by atoms with Crippen molar-refractivity contribution in [2.24, 2.45) is 5.92 Å². The van der Waals surface area contributed by atoms with E-state index in [0.717, 1.165) is 44.7 Å². The molecule has 3 aliphatic rings. The molecule has 5 heteroatoms. The van der Waals surface area contributed by atoms with Crippen molar-refractivity contribution >= 4 is 11.2 Å². The highest BCUT2D eigenvalue weighted by molar-refractivity contribution is 5.73. The van der Waals surface area contributed by atoms with Gasteiger partial charge in [-0.15, -0.1) is 0 Å². The summed E-state index contributed by atoms with van der Waals surface area (Å²) in [5, 5.41) is 3.54. The molecule has 0 saturated carbocycles. The first-order valence-corrected chi connectivity index (χ1v) is 9.68. The van der Waals surface area contributed by atoms with Crippen LogP contribution >= 0.6 is 0 Å². The predicted molar refractivity (Wildman–Crippen MR) is 97.7 cm³/mol. The Balaban J connectivity index is 1.53. The van der Waals surface area contributed by atoms with Crippen LogP contribution in [0.25, 0.3) is 11.2 Å². The molecule has 1 N–H and O–H groups in total. The number of nitrogens with one attached hydrogen (secondary N) is 1. The molecule has 25 heavy (non-hydrogen) atoms. The summed E-state index contributed by atoms with van der Waals surface area (Å²) in [7, 11) is 0. The lowest BCUT2D eigenvalue weighted by molar-refractivity contribution is 0.0807. The molecule has 0 aromatic carbocycles. The maximum absolute atomic E-state index is 5.56. The number of imidazole rings is 1. The fourth-order valence-electron chi connectivity index (χ4n) is 4.74. The van der Waals surface area contributed by atoms with E-state index in [-0.39, 0.29) is 0 Å². The Labute approximate surface area is 148 Å². The molecule has 2 fully saturated rings. The Hall–Kier alpha value is -1.72. The van der Waals surface area contributed by atoms with Crippen LogP contribution in [0.5, 0.6) is 0 Å². The first-order chi connectivity index (χ1) is 12.3. The third-order valence-electron chi connectivity index (χ3n) is 6.09. The molecule has 0 bridgehead atoms. The van der Waals surface area contributed by atoms with Crippen LogP contribution < -0.4 is 5.32 Å². The lowest BCUT2D eigenvalue weighted by Gasteiger charge is -2.26. The van der Waals surface area contributed by atoms with Crippen LogP contribution in [-0.2, 0) is 11.2 Å². The van der Waals surface area contributed by atoms with Gasteiger partial charge in [-0.25, -0.2) is 4.98 Å². The van der Waals surface area contributed by atoms with Gasteiger partial charge in [0.1, 0.15) is 0 Å². The van der Waals surface area contributed by atoms with E-state index in [9.17, 15) is 0 Å². The third-order valence-corrected chi connectivity index (χ3v) is 6.09. The Morgan fingerprint density at radius 1 is 1.20 bits per heavy atom. The fourth-order valence-corrected chi connectivity index (χ4v) is 4.74. The number of aromatic nitrogens is 3. The van der Waals surface area contributed by atoms with Crippen LogP contribution in [-0.4, -0.2) is 40.2 Å². The normalized spacial score (nSPS) is 27.5. The topological polar surface area (TPSA) is 51.5 Å². The standard InChI is InChI=1S/C20H26N4O/c1-13-10-15(4-7-21-13)18-12-24-19(23-18)11-22-17-3-2-16(20(17)24)14-5-8-25-9-6-14/h2,11-15,21H,3-10H2,1H3. The molecule has 5 rings (SSSR count). The molecule has 2 unspecified atom stereocenters. The number of allylic oxidation sites excluding steroid dienone is 2. The molecule has 5 nitrogen and oxygen atoms in total. The van der Waals surface area contributed by atoms with Crippen LogP contribution in [0.1, 0.15) is 55.6 Å². The summed E-state index contributed by atoms with van der Waals surface area (Å²) >= 11 is 0. The largest absolute Gasteiger partial charge is 0.381 e. The molecule has 1 aliphatic carbocycles. The Bertz CT molecular complexity index is 818. The smallest absolute Gasteiger partial charge is 0.156 e. The van der Waals surface area contributed by atoms with Crippen LogP contribution in [0.3, 0.4) is 0 Å². The van der Waals surface area contributed by atoms with Gasteiger partial charge in [0, 0.05) is 37.8 Å². The maximum Gasteiger partial charge on any atom is 0.156 e.